The van der Waals surface area contributed by atoms with Crippen LogP contribution in [0, 0.1) is 5.92 Å². The lowest BCUT2D eigenvalue weighted by Crippen LogP contribution is -2.32. The molecule has 0 bridgehead atoms. The molecular weight excluding hydrogens is 212 g/mol. The molecule has 98 valence electrons. The molecule has 2 N–H and O–H groups in total. The molecule has 1 aromatic rings. The van der Waals surface area contributed by atoms with E-state index in [1.807, 2.05) is 10.9 Å². The van der Waals surface area contributed by atoms with E-state index >= 15 is 0 Å². The molecule has 0 aromatic carbocycles. The van der Waals surface area contributed by atoms with Gasteiger partial charge in [-0.15, -0.1) is 0 Å². The summed E-state index contributed by atoms with van der Waals surface area (Å²) < 4.78 is 2.04. The summed E-state index contributed by atoms with van der Waals surface area (Å²) >= 11 is 0. The highest BCUT2D eigenvalue weighted by Crippen LogP contribution is 2.07. The molecule has 0 fully saturated rings. The fraction of sp³-hybridized carbons (Fsp3) is 0.769. The quantitative estimate of drug-likeness (QED) is 0.786. The average molecular weight is 238 g/mol. The molecule has 4 heteroatoms. The Morgan fingerprint density at radius 1 is 1.47 bits per heavy atom. The zero-order chi connectivity index (χ0) is 12.8. The number of hydrogen-bond donors (Lipinski definition) is 1. The first-order chi connectivity index (χ1) is 8.04. The van der Waals surface area contributed by atoms with Gasteiger partial charge in [0.2, 0.25) is 0 Å². The molecule has 0 radical (unpaired) electrons. The molecule has 4 nitrogen and oxygen atoms in total. The smallest absolute Gasteiger partial charge is 0.0524 e. The lowest BCUT2D eigenvalue weighted by Gasteiger charge is -2.21. The fourth-order valence-corrected chi connectivity index (χ4v) is 1.84. The molecule has 17 heavy (non-hydrogen) atoms. The number of aromatic nitrogens is 2. The number of aryl methyl sites for hydroxylation is 1. The van der Waals surface area contributed by atoms with Crippen LogP contribution in [0.1, 0.15) is 32.9 Å². The van der Waals surface area contributed by atoms with Crippen LogP contribution in [0.4, 0.5) is 0 Å². The van der Waals surface area contributed by atoms with E-state index in [1.165, 1.54) is 5.69 Å². The minimum atomic E-state index is 0.300. The average Bonchev–Trinajstić information content (AvgIpc) is 2.72. The fourth-order valence-electron chi connectivity index (χ4n) is 1.84. The molecule has 1 unspecified atom stereocenters. The maximum Gasteiger partial charge on any atom is 0.0524 e. The van der Waals surface area contributed by atoms with Crippen molar-refractivity contribution in [1.82, 2.24) is 14.7 Å². The summed E-state index contributed by atoms with van der Waals surface area (Å²) in [7, 11) is 2.14. The van der Waals surface area contributed by atoms with E-state index in [2.05, 4.69) is 43.9 Å². The summed E-state index contributed by atoms with van der Waals surface area (Å²) in [4.78, 5) is 2.31. The second kappa shape index (κ2) is 6.77. The molecule has 0 saturated heterocycles. The van der Waals surface area contributed by atoms with E-state index in [-0.39, 0.29) is 0 Å². The predicted molar refractivity (Wildman–Crippen MR) is 71.7 cm³/mol. The van der Waals surface area contributed by atoms with E-state index in [4.69, 9.17) is 5.73 Å². The maximum absolute atomic E-state index is 6.05. The summed E-state index contributed by atoms with van der Waals surface area (Å²) in [6, 6.07) is 2.39. The summed E-state index contributed by atoms with van der Waals surface area (Å²) in [6.07, 6.45) is 2.92. The lowest BCUT2D eigenvalue weighted by molar-refractivity contribution is 0.288. The third-order valence-corrected chi connectivity index (χ3v) is 3.24. The SMILES string of the molecule is CCn1nccc1CN(C)CCC(N)C(C)C. The highest BCUT2D eigenvalue weighted by Gasteiger charge is 2.10. The summed E-state index contributed by atoms with van der Waals surface area (Å²) in [5.41, 5.74) is 7.32. The molecule has 0 saturated carbocycles. The van der Waals surface area contributed by atoms with Crippen LogP contribution in [-0.4, -0.2) is 34.3 Å². The van der Waals surface area contributed by atoms with Crippen molar-refractivity contribution in [3.8, 4) is 0 Å². The summed E-state index contributed by atoms with van der Waals surface area (Å²) in [5.74, 6) is 0.560. The molecule has 1 heterocycles. The second-order valence-corrected chi connectivity index (χ2v) is 5.07. The van der Waals surface area contributed by atoms with E-state index in [1.54, 1.807) is 0 Å². The molecule has 0 amide bonds. The Balaban J connectivity index is 2.37. The van der Waals surface area contributed by atoms with Crippen molar-refractivity contribution in [3.63, 3.8) is 0 Å². The van der Waals surface area contributed by atoms with Gasteiger partial charge in [-0.1, -0.05) is 13.8 Å². The molecule has 1 rings (SSSR count). The topological polar surface area (TPSA) is 47.1 Å². The largest absolute Gasteiger partial charge is 0.327 e. The molecule has 0 spiro atoms. The van der Waals surface area contributed by atoms with E-state index in [9.17, 15) is 0 Å². The third kappa shape index (κ3) is 4.48. The zero-order valence-corrected chi connectivity index (χ0v) is 11.6. The second-order valence-electron chi connectivity index (χ2n) is 5.07. The van der Waals surface area contributed by atoms with Gasteiger partial charge in [0, 0.05) is 25.3 Å². The minimum absolute atomic E-state index is 0.300. The number of hydrogen-bond acceptors (Lipinski definition) is 3. The van der Waals surface area contributed by atoms with Crippen LogP contribution >= 0.6 is 0 Å². The minimum Gasteiger partial charge on any atom is -0.327 e. The highest BCUT2D eigenvalue weighted by atomic mass is 15.3. The summed E-state index contributed by atoms with van der Waals surface area (Å²) in [6.45, 7) is 9.38. The van der Waals surface area contributed by atoms with Crippen LogP contribution in [0.25, 0.3) is 0 Å². The standard InChI is InChI=1S/C13H26N4/c1-5-17-12(6-8-15-17)10-16(4)9-7-13(14)11(2)3/h6,8,11,13H,5,7,9-10,14H2,1-4H3. The van der Waals surface area contributed by atoms with Crippen LogP contribution < -0.4 is 5.73 Å². The van der Waals surface area contributed by atoms with Gasteiger partial charge >= 0.3 is 0 Å². The number of rotatable bonds is 7. The van der Waals surface area contributed by atoms with Crippen molar-refractivity contribution in [2.45, 2.75) is 46.3 Å². The van der Waals surface area contributed by atoms with Crippen molar-refractivity contribution in [3.05, 3.63) is 18.0 Å². The zero-order valence-electron chi connectivity index (χ0n) is 11.6. The predicted octanol–water partition coefficient (Wildman–Crippen LogP) is 1.71. The first kappa shape index (κ1) is 14.2. The van der Waals surface area contributed by atoms with E-state index < -0.39 is 0 Å². The Hall–Kier alpha value is -0.870. The van der Waals surface area contributed by atoms with Gasteiger partial charge in [-0.2, -0.15) is 5.10 Å². The summed E-state index contributed by atoms with van der Waals surface area (Å²) in [5, 5.41) is 4.28. The Labute approximate surface area is 105 Å². The van der Waals surface area contributed by atoms with Crippen LogP contribution in [0.2, 0.25) is 0 Å². The lowest BCUT2D eigenvalue weighted by atomic mass is 10.0. The van der Waals surface area contributed by atoms with Gasteiger partial charge < -0.3 is 10.6 Å². The first-order valence-corrected chi connectivity index (χ1v) is 6.49. The Bertz CT molecular complexity index is 319. The number of nitrogens with two attached hydrogens (primary N) is 1. The number of nitrogens with zero attached hydrogens (tertiary/aromatic N) is 3. The third-order valence-electron chi connectivity index (χ3n) is 3.24. The van der Waals surface area contributed by atoms with Crippen molar-refractivity contribution in [2.75, 3.05) is 13.6 Å². The first-order valence-electron chi connectivity index (χ1n) is 6.49. The maximum atomic E-state index is 6.05. The molecule has 0 aliphatic rings. The molecule has 0 aliphatic heterocycles. The highest BCUT2D eigenvalue weighted by molar-refractivity contribution is 5.00. The molecule has 0 aliphatic carbocycles. The van der Waals surface area contributed by atoms with Crippen molar-refractivity contribution < 1.29 is 0 Å². The normalized spacial score (nSPS) is 13.6. The van der Waals surface area contributed by atoms with Crippen molar-refractivity contribution >= 4 is 0 Å². The van der Waals surface area contributed by atoms with Gasteiger partial charge in [0.25, 0.3) is 0 Å². The van der Waals surface area contributed by atoms with Crippen molar-refractivity contribution in [1.29, 1.82) is 0 Å². The van der Waals surface area contributed by atoms with Crippen molar-refractivity contribution in [2.24, 2.45) is 11.7 Å². The van der Waals surface area contributed by atoms with Crippen LogP contribution in [0.15, 0.2) is 12.3 Å². The Morgan fingerprint density at radius 2 is 2.18 bits per heavy atom. The molecule has 1 atom stereocenters. The van der Waals surface area contributed by atoms with E-state index in [0.717, 1.165) is 26.1 Å². The van der Waals surface area contributed by atoms with Gasteiger partial charge in [0.05, 0.1) is 5.69 Å². The van der Waals surface area contributed by atoms with Gasteiger partial charge in [0.1, 0.15) is 0 Å². The van der Waals surface area contributed by atoms with Crippen LogP contribution in [0.3, 0.4) is 0 Å². The van der Waals surface area contributed by atoms with Crippen LogP contribution in [0.5, 0.6) is 0 Å². The Kier molecular flexibility index (Phi) is 5.65. The Morgan fingerprint density at radius 3 is 2.76 bits per heavy atom. The molecule has 1 aromatic heterocycles. The van der Waals surface area contributed by atoms with Gasteiger partial charge in [-0.05, 0) is 38.9 Å². The van der Waals surface area contributed by atoms with Gasteiger partial charge in [-0.3, -0.25) is 4.68 Å². The molecular formula is C13H26N4. The van der Waals surface area contributed by atoms with E-state index in [0.29, 0.717) is 12.0 Å². The monoisotopic (exact) mass is 238 g/mol. The van der Waals surface area contributed by atoms with Gasteiger partial charge in [-0.25, -0.2) is 0 Å². The van der Waals surface area contributed by atoms with Crippen LogP contribution in [-0.2, 0) is 13.1 Å². The van der Waals surface area contributed by atoms with Gasteiger partial charge in [0.15, 0.2) is 0 Å².